The zero-order valence-electron chi connectivity index (χ0n) is 14.0. The molecule has 1 saturated carbocycles. The Morgan fingerprint density at radius 1 is 1.29 bits per heavy atom. The Morgan fingerprint density at radius 2 is 2.00 bits per heavy atom. The molecule has 0 aromatic heterocycles. The van der Waals surface area contributed by atoms with Gasteiger partial charge in [0.2, 0.25) is 0 Å². The molecule has 0 heterocycles. The fourth-order valence-electron chi connectivity index (χ4n) is 2.20. The molecule has 1 unspecified atom stereocenters. The summed E-state index contributed by atoms with van der Waals surface area (Å²) in [6, 6.07) is 0.370. The number of rotatable bonds is 10. The highest BCUT2D eigenvalue weighted by Gasteiger charge is 2.21. The van der Waals surface area contributed by atoms with Crippen molar-refractivity contribution in [3.05, 3.63) is 0 Å². The van der Waals surface area contributed by atoms with E-state index in [1.807, 2.05) is 20.8 Å². The summed E-state index contributed by atoms with van der Waals surface area (Å²) in [6.07, 6.45) is 5.65. The van der Waals surface area contributed by atoms with Crippen molar-refractivity contribution >= 4 is 6.09 Å². The quantitative estimate of drug-likeness (QED) is 0.609. The second-order valence-corrected chi connectivity index (χ2v) is 6.91. The van der Waals surface area contributed by atoms with E-state index in [-0.39, 0.29) is 6.09 Å². The molecule has 124 valence electrons. The number of methoxy groups -OCH3 is 1. The number of carbonyl (C=O) groups excluding carboxylic acids is 1. The molecule has 1 fully saturated rings. The number of alkyl carbamates (subject to hydrolysis) is 1. The molecule has 0 aromatic carbocycles. The summed E-state index contributed by atoms with van der Waals surface area (Å²) in [6.45, 7) is 8.02. The van der Waals surface area contributed by atoms with Gasteiger partial charge < -0.3 is 20.1 Å². The van der Waals surface area contributed by atoms with Gasteiger partial charge in [0, 0.05) is 19.7 Å². The van der Waals surface area contributed by atoms with E-state index in [1.165, 1.54) is 19.3 Å². The molecule has 1 rings (SSSR count). The summed E-state index contributed by atoms with van der Waals surface area (Å²) in [5, 5.41) is 6.34. The average molecular weight is 300 g/mol. The molecule has 2 N–H and O–H groups in total. The molecule has 1 aliphatic carbocycles. The highest BCUT2D eigenvalue weighted by Crippen LogP contribution is 2.31. The van der Waals surface area contributed by atoms with Crippen LogP contribution in [0.1, 0.15) is 52.9 Å². The molecule has 0 aliphatic heterocycles. The zero-order valence-corrected chi connectivity index (χ0v) is 14.0. The molecule has 0 bridgehead atoms. The van der Waals surface area contributed by atoms with Crippen molar-refractivity contribution in [1.29, 1.82) is 0 Å². The first-order valence-corrected chi connectivity index (χ1v) is 8.10. The Balaban J connectivity index is 2.06. The molecule has 0 radical (unpaired) electrons. The maximum absolute atomic E-state index is 11.5. The number of ether oxygens (including phenoxy) is 2. The van der Waals surface area contributed by atoms with Gasteiger partial charge in [-0.2, -0.15) is 0 Å². The SMILES string of the molecule is COCC(CCCNC(=O)OC(C)(C)C)NCCC1CC1. The third-order valence-corrected chi connectivity index (χ3v) is 3.45. The number of carbonyl (C=O) groups is 1. The summed E-state index contributed by atoms with van der Waals surface area (Å²) < 4.78 is 10.4. The number of hydrogen-bond acceptors (Lipinski definition) is 4. The van der Waals surface area contributed by atoms with Crippen LogP contribution in [0.4, 0.5) is 4.79 Å². The van der Waals surface area contributed by atoms with E-state index < -0.39 is 5.60 Å². The van der Waals surface area contributed by atoms with Gasteiger partial charge in [-0.05, 0) is 52.5 Å². The smallest absolute Gasteiger partial charge is 0.407 e. The van der Waals surface area contributed by atoms with Gasteiger partial charge in [-0.1, -0.05) is 12.8 Å². The largest absolute Gasteiger partial charge is 0.444 e. The summed E-state index contributed by atoms with van der Waals surface area (Å²) in [7, 11) is 1.73. The van der Waals surface area contributed by atoms with E-state index in [9.17, 15) is 4.79 Å². The lowest BCUT2D eigenvalue weighted by Crippen LogP contribution is -2.36. The van der Waals surface area contributed by atoms with Crippen LogP contribution < -0.4 is 10.6 Å². The van der Waals surface area contributed by atoms with Crippen LogP contribution in [0.3, 0.4) is 0 Å². The van der Waals surface area contributed by atoms with Crippen LogP contribution in [0.5, 0.6) is 0 Å². The molecule has 21 heavy (non-hydrogen) atoms. The van der Waals surface area contributed by atoms with Crippen LogP contribution in [-0.4, -0.2) is 44.5 Å². The third kappa shape index (κ3) is 10.5. The van der Waals surface area contributed by atoms with Crippen LogP contribution in [0, 0.1) is 5.92 Å². The lowest BCUT2D eigenvalue weighted by atomic mass is 10.1. The predicted molar refractivity (Wildman–Crippen MR) is 84.5 cm³/mol. The van der Waals surface area contributed by atoms with Crippen LogP contribution in [-0.2, 0) is 9.47 Å². The Morgan fingerprint density at radius 3 is 2.57 bits per heavy atom. The standard InChI is InChI=1S/C16H32N2O3/c1-16(2,3)21-15(19)18-10-5-6-14(12-20-4)17-11-9-13-7-8-13/h13-14,17H,5-12H2,1-4H3,(H,18,19). The van der Waals surface area contributed by atoms with Gasteiger partial charge in [0.15, 0.2) is 0 Å². The van der Waals surface area contributed by atoms with Crippen LogP contribution in [0.15, 0.2) is 0 Å². The first-order chi connectivity index (χ1) is 9.90. The second-order valence-electron chi connectivity index (χ2n) is 6.91. The maximum Gasteiger partial charge on any atom is 0.407 e. The molecular formula is C16H32N2O3. The molecule has 0 saturated heterocycles. The molecule has 1 atom stereocenters. The van der Waals surface area contributed by atoms with Crippen molar-refractivity contribution in [3.8, 4) is 0 Å². The fourth-order valence-corrected chi connectivity index (χ4v) is 2.20. The minimum absolute atomic E-state index is 0.340. The summed E-state index contributed by atoms with van der Waals surface area (Å²) in [5.74, 6) is 0.953. The molecule has 0 aromatic rings. The van der Waals surface area contributed by atoms with Gasteiger partial charge >= 0.3 is 6.09 Å². The van der Waals surface area contributed by atoms with E-state index >= 15 is 0 Å². The molecular weight excluding hydrogens is 268 g/mol. The van der Waals surface area contributed by atoms with E-state index in [0.29, 0.717) is 12.6 Å². The van der Waals surface area contributed by atoms with E-state index in [0.717, 1.165) is 31.9 Å². The van der Waals surface area contributed by atoms with Crippen molar-refractivity contribution < 1.29 is 14.3 Å². The Labute approximate surface area is 129 Å². The van der Waals surface area contributed by atoms with Crippen molar-refractivity contribution in [2.75, 3.05) is 26.8 Å². The normalized spacial score (nSPS) is 16.6. The first kappa shape index (κ1) is 18.2. The molecule has 0 spiro atoms. The predicted octanol–water partition coefficient (Wildman–Crippen LogP) is 2.70. The van der Waals surface area contributed by atoms with Crippen LogP contribution in [0.2, 0.25) is 0 Å². The van der Waals surface area contributed by atoms with E-state index in [1.54, 1.807) is 7.11 Å². The zero-order chi connectivity index (χ0) is 15.7. The minimum atomic E-state index is -0.437. The van der Waals surface area contributed by atoms with Gasteiger partial charge in [-0.25, -0.2) is 4.79 Å². The molecule has 1 aliphatic rings. The lowest BCUT2D eigenvalue weighted by molar-refractivity contribution is 0.0526. The van der Waals surface area contributed by atoms with Gasteiger partial charge in [0.25, 0.3) is 0 Å². The Kier molecular flexibility index (Phi) is 8.04. The van der Waals surface area contributed by atoms with Gasteiger partial charge in [-0.3, -0.25) is 0 Å². The number of hydrogen-bond donors (Lipinski definition) is 2. The fraction of sp³-hybridized carbons (Fsp3) is 0.938. The monoisotopic (exact) mass is 300 g/mol. The Bertz CT molecular complexity index is 298. The summed E-state index contributed by atoms with van der Waals surface area (Å²) in [4.78, 5) is 11.5. The highest BCUT2D eigenvalue weighted by atomic mass is 16.6. The van der Waals surface area contributed by atoms with Crippen molar-refractivity contribution in [3.63, 3.8) is 0 Å². The number of amides is 1. The van der Waals surface area contributed by atoms with Crippen LogP contribution >= 0.6 is 0 Å². The first-order valence-electron chi connectivity index (χ1n) is 8.10. The molecule has 1 amide bonds. The van der Waals surface area contributed by atoms with Gasteiger partial charge in [0.05, 0.1) is 6.61 Å². The van der Waals surface area contributed by atoms with Gasteiger partial charge in [-0.15, -0.1) is 0 Å². The lowest BCUT2D eigenvalue weighted by Gasteiger charge is -2.20. The molecule has 5 nitrogen and oxygen atoms in total. The van der Waals surface area contributed by atoms with Crippen LogP contribution in [0.25, 0.3) is 0 Å². The second kappa shape index (κ2) is 9.26. The van der Waals surface area contributed by atoms with E-state index in [4.69, 9.17) is 9.47 Å². The Hall–Kier alpha value is -0.810. The third-order valence-electron chi connectivity index (χ3n) is 3.45. The topological polar surface area (TPSA) is 59.6 Å². The average Bonchev–Trinajstić information content (AvgIpc) is 3.16. The minimum Gasteiger partial charge on any atom is -0.444 e. The summed E-state index contributed by atoms with van der Waals surface area (Å²) in [5.41, 5.74) is -0.437. The van der Waals surface area contributed by atoms with Crippen molar-refractivity contribution in [2.24, 2.45) is 5.92 Å². The van der Waals surface area contributed by atoms with Crippen molar-refractivity contribution in [1.82, 2.24) is 10.6 Å². The van der Waals surface area contributed by atoms with Gasteiger partial charge in [0.1, 0.15) is 5.60 Å². The highest BCUT2D eigenvalue weighted by molar-refractivity contribution is 5.67. The van der Waals surface area contributed by atoms with E-state index in [2.05, 4.69) is 10.6 Å². The number of nitrogens with one attached hydrogen (secondary N) is 2. The molecule has 5 heteroatoms. The maximum atomic E-state index is 11.5. The summed E-state index contributed by atoms with van der Waals surface area (Å²) >= 11 is 0. The van der Waals surface area contributed by atoms with Crippen molar-refractivity contribution in [2.45, 2.75) is 64.5 Å².